The van der Waals surface area contributed by atoms with Gasteiger partial charge in [0.25, 0.3) is 5.91 Å². The minimum Gasteiger partial charge on any atom is -0.497 e. The van der Waals surface area contributed by atoms with Crippen LogP contribution in [0.25, 0.3) is 0 Å². The summed E-state index contributed by atoms with van der Waals surface area (Å²) in [7, 11) is 2.93. The summed E-state index contributed by atoms with van der Waals surface area (Å²) in [6.07, 6.45) is 0. The zero-order valence-electron chi connectivity index (χ0n) is 11.5. The summed E-state index contributed by atoms with van der Waals surface area (Å²) in [6.45, 7) is 0. The van der Waals surface area contributed by atoms with Gasteiger partial charge >= 0.3 is 0 Å². The molecular weight excluding hydrogens is 278 g/mol. The van der Waals surface area contributed by atoms with Gasteiger partial charge in [-0.3, -0.25) is 4.79 Å². The third-order valence-electron chi connectivity index (χ3n) is 2.90. The SMILES string of the molecule is CNc1c(F)cc(C(=O)Nc2ccc(OC)cc2)cc1F. The molecule has 0 bridgehead atoms. The van der Waals surface area contributed by atoms with Crippen LogP contribution in [0.15, 0.2) is 36.4 Å². The number of methoxy groups -OCH3 is 1. The fourth-order valence-electron chi connectivity index (χ4n) is 1.82. The van der Waals surface area contributed by atoms with E-state index in [2.05, 4.69) is 10.6 Å². The number of benzene rings is 2. The van der Waals surface area contributed by atoms with Crippen LogP contribution in [0.2, 0.25) is 0 Å². The first-order chi connectivity index (χ1) is 10.0. The van der Waals surface area contributed by atoms with Gasteiger partial charge in [0.1, 0.15) is 23.1 Å². The molecular formula is C15H14F2N2O2. The quantitative estimate of drug-likeness (QED) is 0.909. The van der Waals surface area contributed by atoms with Gasteiger partial charge in [-0.05, 0) is 36.4 Å². The van der Waals surface area contributed by atoms with E-state index in [4.69, 9.17) is 4.74 Å². The first-order valence-corrected chi connectivity index (χ1v) is 6.17. The van der Waals surface area contributed by atoms with Gasteiger partial charge in [0.15, 0.2) is 0 Å². The molecule has 2 rings (SSSR count). The van der Waals surface area contributed by atoms with Crippen molar-refractivity contribution in [1.29, 1.82) is 0 Å². The summed E-state index contributed by atoms with van der Waals surface area (Å²) in [5.41, 5.74) is 0.134. The Hall–Kier alpha value is -2.63. The Kier molecular flexibility index (Phi) is 4.37. The van der Waals surface area contributed by atoms with Crippen LogP contribution in [0, 0.1) is 11.6 Å². The Labute approximate surface area is 120 Å². The number of hydrogen-bond donors (Lipinski definition) is 2. The molecule has 0 heterocycles. The molecule has 2 aromatic carbocycles. The summed E-state index contributed by atoms with van der Waals surface area (Å²) in [6, 6.07) is 8.56. The van der Waals surface area contributed by atoms with E-state index in [1.165, 1.54) is 14.2 Å². The lowest BCUT2D eigenvalue weighted by Gasteiger charge is -2.09. The van der Waals surface area contributed by atoms with Crippen LogP contribution in [0.1, 0.15) is 10.4 Å². The van der Waals surface area contributed by atoms with Crippen molar-refractivity contribution in [2.45, 2.75) is 0 Å². The van der Waals surface area contributed by atoms with Gasteiger partial charge in [0.05, 0.1) is 7.11 Å². The highest BCUT2D eigenvalue weighted by atomic mass is 19.1. The summed E-state index contributed by atoms with van der Waals surface area (Å²) in [4.78, 5) is 12.0. The molecule has 110 valence electrons. The molecule has 0 unspecified atom stereocenters. The van der Waals surface area contributed by atoms with Gasteiger partial charge in [-0.25, -0.2) is 8.78 Å². The smallest absolute Gasteiger partial charge is 0.255 e. The maximum atomic E-state index is 13.6. The Morgan fingerprint density at radius 1 is 1.10 bits per heavy atom. The molecule has 0 spiro atoms. The van der Waals surface area contributed by atoms with Crippen molar-refractivity contribution >= 4 is 17.3 Å². The molecule has 4 nitrogen and oxygen atoms in total. The highest BCUT2D eigenvalue weighted by Gasteiger charge is 2.14. The molecule has 0 saturated carbocycles. The van der Waals surface area contributed by atoms with Gasteiger partial charge in [-0.2, -0.15) is 0 Å². The predicted octanol–water partition coefficient (Wildman–Crippen LogP) is 3.27. The molecule has 0 saturated heterocycles. The Balaban J connectivity index is 2.20. The third-order valence-corrected chi connectivity index (χ3v) is 2.90. The largest absolute Gasteiger partial charge is 0.497 e. The molecule has 0 radical (unpaired) electrons. The highest BCUT2D eigenvalue weighted by molar-refractivity contribution is 6.04. The molecule has 2 N–H and O–H groups in total. The summed E-state index contributed by atoms with van der Waals surface area (Å²) in [5, 5.41) is 4.95. The van der Waals surface area contributed by atoms with Crippen molar-refractivity contribution in [2.24, 2.45) is 0 Å². The first kappa shape index (κ1) is 14.8. The molecule has 0 aromatic heterocycles. The molecule has 0 aliphatic rings. The van der Waals surface area contributed by atoms with E-state index >= 15 is 0 Å². The van der Waals surface area contributed by atoms with E-state index in [1.54, 1.807) is 24.3 Å². The zero-order valence-corrected chi connectivity index (χ0v) is 11.5. The number of anilines is 2. The van der Waals surface area contributed by atoms with Gasteiger partial charge < -0.3 is 15.4 Å². The molecule has 0 aliphatic heterocycles. The second-order valence-corrected chi connectivity index (χ2v) is 4.25. The van der Waals surface area contributed by atoms with Crippen molar-refractivity contribution in [3.05, 3.63) is 53.6 Å². The number of halogens is 2. The molecule has 0 fully saturated rings. The lowest BCUT2D eigenvalue weighted by atomic mass is 10.1. The van der Waals surface area contributed by atoms with E-state index in [-0.39, 0.29) is 11.3 Å². The number of rotatable bonds is 4. The number of carbonyl (C=O) groups excluding carboxylic acids is 1. The zero-order chi connectivity index (χ0) is 15.4. The summed E-state index contributed by atoms with van der Waals surface area (Å²) >= 11 is 0. The average molecular weight is 292 g/mol. The normalized spacial score (nSPS) is 10.1. The van der Waals surface area contributed by atoms with E-state index < -0.39 is 17.5 Å². The van der Waals surface area contributed by atoms with E-state index in [9.17, 15) is 13.6 Å². The highest BCUT2D eigenvalue weighted by Crippen LogP contribution is 2.21. The minimum atomic E-state index is -0.822. The van der Waals surface area contributed by atoms with Crippen LogP contribution >= 0.6 is 0 Å². The Bertz CT molecular complexity index is 634. The monoisotopic (exact) mass is 292 g/mol. The molecule has 0 aliphatic carbocycles. The van der Waals surface area contributed by atoms with Crippen molar-refractivity contribution in [1.82, 2.24) is 0 Å². The fraction of sp³-hybridized carbons (Fsp3) is 0.133. The van der Waals surface area contributed by atoms with Crippen molar-refractivity contribution in [3.63, 3.8) is 0 Å². The van der Waals surface area contributed by atoms with E-state index in [0.29, 0.717) is 11.4 Å². The number of ether oxygens (including phenoxy) is 1. The van der Waals surface area contributed by atoms with Crippen LogP contribution in [-0.2, 0) is 0 Å². The van der Waals surface area contributed by atoms with Gasteiger partial charge in [-0.15, -0.1) is 0 Å². The van der Waals surface area contributed by atoms with Gasteiger partial charge in [0.2, 0.25) is 0 Å². The van der Waals surface area contributed by atoms with Crippen LogP contribution in [0.4, 0.5) is 20.2 Å². The maximum Gasteiger partial charge on any atom is 0.255 e. The van der Waals surface area contributed by atoms with E-state index in [1.807, 2.05) is 0 Å². The number of amides is 1. The predicted molar refractivity (Wildman–Crippen MR) is 76.9 cm³/mol. The van der Waals surface area contributed by atoms with Crippen molar-refractivity contribution in [2.75, 3.05) is 24.8 Å². The number of carbonyl (C=O) groups is 1. The van der Waals surface area contributed by atoms with Crippen molar-refractivity contribution < 1.29 is 18.3 Å². The van der Waals surface area contributed by atoms with Crippen molar-refractivity contribution in [3.8, 4) is 5.75 Å². The summed E-state index contributed by atoms with van der Waals surface area (Å²) < 4.78 is 32.2. The van der Waals surface area contributed by atoms with E-state index in [0.717, 1.165) is 12.1 Å². The van der Waals surface area contributed by atoms with Crippen LogP contribution < -0.4 is 15.4 Å². The fourth-order valence-corrected chi connectivity index (χ4v) is 1.82. The standard InChI is InChI=1S/C15H14F2N2O2/c1-18-14-12(16)7-9(8-13(14)17)15(20)19-10-3-5-11(21-2)6-4-10/h3-8,18H,1-2H3,(H,19,20). The lowest BCUT2D eigenvalue weighted by molar-refractivity contribution is 0.102. The molecule has 6 heteroatoms. The Morgan fingerprint density at radius 3 is 2.14 bits per heavy atom. The second-order valence-electron chi connectivity index (χ2n) is 4.25. The molecule has 2 aromatic rings. The summed E-state index contributed by atoms with van der Waals surface area (Å²) in [5.74, 6) is -1.60. The maximum absolute atomic E-state index is 13.6. The second kappa shape index (κ2) is 6.21. The van der Waals surface area contributed by atoms with Gasteiger partial charge in [-0.1, -0.05) is 0 Å². The van der Waals surface area contributed by atoms with Gasteiger partial charge in [0, 0.05) is 18.3 Å². The minimum absolute atomic E-state index is 0.0974. The number of nitrogens with one attached hydrogen (secondary N) is 2. The number of hydrogen-bond acceptors (Lipinski definition) is 3. The topological polar surface area (TPSA) is 50.4 Å². The molecule has 21 heavy (non-hydrogen) atoms. The van der Waals surface area contributed by atoms with Crippen LogP contribution in [-0.4, -0.2) is 20.1 Å². The first-order valence-electron chi connectivity index (χ1n) is 6.17. The van der Waals surface area contributed by atoms with Crippen LogP contribution in [0.3, 0.4) is 0 Å². The molecule has 1 amide bonds. The Morgan fingerprint density at radius 2 is 1.67 bits per heavy atom. The molecule has 0 atom stereocenters. The average Bonchev–Trinajstić information content (AvgIpc) is 2.47. The van der Waals surface area contributed by atoms with Crippen LogP contribution in [0.5, 0.6) is 5.75 Å². The lowest BCUT2D eigenvalue weighted by Crippen LogP contribution is -2.13. The third kappa shape index (κ3) is 3.28.